The molecule has 2 aromatic carbocycles. The molecule has 0 spiro atoms. The first-order valence-corrected chi connectivity index (χ1v) is 9.58. The van der Waals surface area contributed by atoms with Crippen molar-refractivity contribution in [1.82, 2.24) is 10.6 Å². The van der Waals surface area contributed by atoms with Crippen molar-refractivity contribution in [1.29, 1.82) is 0 Å². The van der Waals surface area contributed by atoms with Crippen LogP contribution in [0.2, 0.25) is 0 Å². The van der Waals surface area contributed by atoms with Gasteiger partial charge in [-0.2, -0.15) is 0 Å². The number of aliphatic carboxylic acids is 1. The summed E-state index contributed by atoms with van der Waals surface area (Å²) in [6.07, 6.45) is 1.41. The third kappa shape index (κ3) is 7.13. The SMILES string of the molecule is O=C(O)CCCNC(=O)C(=Cc1cccc([N+](=O)[O-])c1)NC(=O)c1ccc(Br)cc1. The molecule has 3 N–H and O–H groups in total. The Kier molecular flexibility index (Phi) is 8.24. The predicted octanol–water partition coefficient (Wildman–Crippen LogP) is 3.11. The van der Waals surface area contributed by atoms with Gasteiger partial charge in [-0.3, -0.25) is 24.5 Å². The van der Waals surface area contributed by atoms with Gasteiger partial charge in [0.1, 0.15) is 5.70 Å². The first kappa shape index (κ1) is 22.8. The van der Waals surface area contributed by atoms with E-state index in [2.05, 4.69) is 26.6 Å². The lowest BCUT2D eigenvalue weighted by atomic mass is 10.1. The van der Waals surface area contributed by atoms with Crippen molar-refractivity contribution in [2.45, 2.75) is 12.8 Å². The highest BCUT2D eigenvalue weighted by Gasteiger charge is 2.15. The van der Waals surface area contributed by atoms with Gasteiger partial charge in [-0.05, 0) is 42.3 Å². The zero-order valence-electron chi connectivity index (χ0n) is 15.6. The number of hydrogen-bond acceptors (Lipinski definition) is 5. The first-order chi connectivity index (χ1) is 14.3. The van der Waals surface area contributed by atoms with Gasteiger partial charge in [0, 0.05) is 35.1 Å². The zero-order valence-corrected chi connectivity index (χ0v) is 17.2. The van der Waals surface area contributed by atoms with Crippen LogP contribution in [0.3, 0.4) is 0 Å². The summed E-state index contributed by atoms with van der Waals surface area (Å²) >= 11 is 3.27. The van der Waals surface area contributed by atoms with Crippen LogP contribution >= 0.6 is 15.9 Å². The van der Waals surface area contributed by atoms with E-state index in [4.69, 9.17) is 5.11 Å². The highest BCUT2D eigenvalue weighted by Crippen LogP contribution is 2.16. The average Bonchev–Trinajstić information content (AvgIpc) is 2.71. The van der Waals surface area contributed by atoms with E-state index in [0.717, 1.165) is 4.47 Å². The summed E-state index contributed by atoms with van der Waals surface area (Å²) < 4.78 is 0.780. The largest absolute Gasteiger partial charge is 0.481 e. The summed E-state index contributed by atoms with van der Waals surface area (Å²) in [7, 11) is 0. The molecule has 2 amide bonds. The van der Waals surface area contributed by atoms with Crippen LogP contribution in [0, 0.1) is 10.1 Å². The molecule has 0 aliphatic carbocycles. The number of nitrogens with one attached hydrogen (secondary N) is 2. The van der Waals surface area contributed by atoms with Gasteiger partial charge in [0.2, 0.25) is 0 Å². The summed E-state index contributed by atoms with van der Waals surface area (Å²) in [5, 5.41) is 24.7. The van der Waals surface area contributed by atoms with Crippen molar-refractivity contribution in [3.05, 3.63) is 79.9 Å². The topological polar surface area (TPSA) is 139 Å². The normalized spacial score (nSPS) is 10.9. The molecule has 2 aromatic rings. The second-order valence-electron chi connectivity index (χ2n) is 6.12. The quantitative estimate of drug-likeness (QED) is 0.220. The molecule has 10 heteroatoms. The Labute approximate surface area is 180 Å². The average molecular weight is 476 g/mol. The Bertz CT molecular complexity index is 988. The lowest BCUT2D eigenvalue weighted by molar-refractivity contribution is -0.384. The number of nitro groups is 1. The van der Waals surface area contributed by atoms with Crippen molar-refractivity contribution < 1.29 is 24.4 Å². The van der Waals surface area contributed by atoms with E-state index in [0.29, 0.717) is 11.1 Å². The molecule has 0 fully saturated rings. The van der Waals surface area contributed by atoms with E-state index in [1.54, 1.807) is 30.3 Å². The maximum Gasteiger partial charge on any atom is 0.303 e. The van der Waals surface area contributed by atoms with Crippen LogP contribution in [0.5, 0.6) is 0 Å². The lowest BCUT2D eigenvalue weighted by Crippen LogP contribution is -2.35. The van der Waals surface area contributed by atoms with Crippen molar-refractivity contribution in [2.24, 2.45) is 0 Å². The molecular weight excluding hydrogens is 458 g/mol. The number of halogens is 1. The molecule has 0 aliphatic rings. The van der Waals surface area contributed by atoms with E-state index in [-0.39, 0.29) is 30.8 Å². The third-order valence-electron chi connectivity index (χ3n) is 3.84. The fourth-order valence-electron chi connectivity index (χ4n) is 2.39. The molecule has 0 aromatic heterocycles. The molecule has 0 saturated carbocycles. The monoisotopic (exact) mass is 475 g/mol. The molecule has 0 aliphatic heterocycles. The van der Waals surface area contributed by atoms with E-state index < -0.39 is 22.7 Å². The van der Waals surface area contributed by atoms with Crippen LogP contribution < -0.4 is 10.6 Å². The number of nitrogens with zero attached hydrogens (tertiary/aromatic N) is 1. The molecule has 0 heterocycles. The maximum absolute atomic E-state index is 12.5. The van der Waals surface area contributed by atoms with E-state index in [1.165, 1.54) is 24.3 Å². The van der Waals surface area contributed by atoms with Gasteiger partial charge < -0.3 is 15.7 Å². The number of nitro benzene ring substituents is 1. The molecule has 9 nitrogen and oxygen atoms in total. The molecule has 0 radical (unpaired) electrons. The molecule has 30 heavy (non-hydrogen) atoms. The van der Waals surface area contributed by atoms with E-state index in [9.17, 15) is 24.5 Å². The Morgan fingerprint density at radius 2 is 1.83 bits per heavy atom. The number of carbonyl (C=O) groups is 3. The zero-order chi connectivity index (χ0) is 22.1. The first-order valence-electron chi connectivity index (χ1n) is 8.79. The van der Waals surface area contributed by atoms with Crippen LogP contribution in [0.1, 0.15) is 28.8 Å². The highest BCUT2D eigenvalue weighted by atomic mass is 79.9. The van der Waals surface area contributed by atoms with Gasteiger partial charge in [-0.25, -0.2) is 0 Å². The minimum Gasteiger partial charge on any atom is -0.481 e. The molecule has 0 unspecified atom stereocenters. The van der Waals surface area contributed by atoms with Gasteiger partial charge in [-0.15, -0.1) is 0 Å². The summed E-state index contributed by atoms with van der Waals surface area (Å²) in [5.41, 5.74) is 0.362. The number of benzene rings is 2. The molecule has 2 rings (SSSR count). The van der Waals surface area contributed by atoms with Gasteiger partial charge in [0.05, 0.1) is 4.92 Å². The second kappa shape index (κ2) is 10.9. The van der Waals surface area contributed by atoms with E-state index >= 15 is 0 Å². The number of hydrogen-bond donors (Lipinski definition) is 3. The summed E-state index contributed by atoms with van der Waals surface area (Å²) in [6.45, 7) is 0.0889. The van der Waals surface area contributed by atoms with E-state index in [1.807, 2.05) is 0 Å². The summed E-state index contributed by atoms with van der Waals surface area (Å²) in [5.74, 6) is -2.17. The van der Waals surface area contributed by atoms with Gasteiger partial charge in [0.25, 0.3) is 17.5 Å². The van der Waals surface area contributed by atoms with Crippen molar-refractivity contribution in [2.75, 3.05) is 6.54 Å². The van der Waals surface area contributed by atoms with Crippen LogP contribution in [0.25, 0.3) is 6.08 Å². The number of carboxylic acids is 1. The number of carbonyl (C=O) groups excluding carboxylic acids is 2. The Balaban J connectivity index is 2.24. The Morgan fingerprint density at radius 3 is 2.47 bits per heavy atom. The molecule has 0 saturated heterocycles. The van der Waals surface area contributed by atoms with Crippen LogP contribution in [0.4, 0.5) is 5.69 Å². The summed E-state index contributed by atoms with van der Waals surface area (Å²) in [4.78, 5) is 46.1. The number of carboxylic acid groups (broad SMARTS) is 1. The minimum atomic E-state index is -0.986. The number of amides is 2. The second-order valence-corrected chi connectivity index (χ2v) is 7.04. The van der Waals surface area contributed by atoms with Crippen molar-refractivity contribution >= 4 is 45.5 Å². The molecular formula is C20H18BrN3O6. The third-order valence-corrected chi connectivity index (χ3v) is 4.37. The summed E-state index contributed by atoms with van der Waals surface area (Å²) in [6, 6.07) is 12.1. The lowest BCUT2D eigenvalue weighted by Gasteiger charge is -2.11. The minimum absolute atomic E-state index is 0.0889. The van der Waals surface area contributed by atoms with Crippen LogP contribution in [-0.2, 0) is 9.59 Å². The fraction of sp³-hybridized carbons (Fsp3) is 0.150. The van der Waals surface area contributed by atoms with Gasteiger partial charge >= 0.3 is 5.97 Å². The smallest absolute Gasteiger partial charge is 0.303 e. The predicted molar refractivity (Wildman–Crippen MR) is 113 cm³/mol. The van der Waals surface area contributed by atoms with Gasteiger partial charge in [0.15, 0.2) is 0 Å². The molecule has 156 valence electrons. The molecule has 0 bridgehead atoms. The number of non-ortho nitro benzene ring substituents is 1. The number of rotatable bonds is 9. The maximum atomic E-state index is 12.5. The highest BCUT2D eigenvalue weighted by molar-refractivity contribution is 9.10. The standard InChI is InChI=1S/C20H18BrN3O6/c21-15-8-6-14(7-9-15)19(27)23-17(20(28)22-10-2-5-18(25)26)12-13-3-1-4-16(11-13)24(29)30/h1,3-4,6-9,11-12H,2,5,10H2,(H,22,28)(H,23,27)(H,25,26). The van der Waals surface area contributed by atoms with Crippen molar-refractivity contribution in [3.8, 4) is 0 Å². The molecule has 0 atom stereocenters. The van der Waals surface area contributed by atoms with Gasteiger partial charge in [-0.1, -0.05) is 28.1 Å². The Hall–Kier alpha value is -3.53. The fourth-order valence-corrected chi connectivity index (χ4v) is 2.65. The van der Waals surface area contributed by atoms with Crippen molar-refractivity contribution in [3.63, 3.8) is 0 Å². The van der Waals surface area contributed by atoms with Crippen LogP contribution in [-0.4, -0.2) is 34.4 Å². The Morgan fingerprint density at radius 1 is 1.13 bits per heavy atom. The van der Waals surface area contributed by atoms with Crippen LogP contribution in [0.15, 0.2) is 58.7 Å².